The lowest BCUT2D eigenvalue weighted by molar-refractivity contribution is -0.132. The maximum Gasteiger partial charge on any atom is 0.265 e. The molecular formula is C20H14Br2Cl2N2O3S. The van der Waals surface area contributed by atoms with Gasteiger partial charge in [-0.2, -0.15) is 0 Å². The molecule has 0 spiro atoms. The summed E-state index contributed by atoms with van der Waals surface area (Å²) in [5, 5.41) is 1.22. The Morgan fingerprint density at radius 3 is 2.13 bits per heavy atom. The lowest BCUT2D eigenvalue weighted by Gasteiger charge is -2.31. The summed E-state index contributed by atoms with van der Waals surface area (Å²) in [5.74, 6) is -0.346. The second kappa shape index (κ2) is 9.36. The van der Waals surface area contributed by atoms with Crippen LogP contribution in [-0.2, 0) is 16.2 Å². The average molecular weight is 593 g/mol. The van der Waals surface area contributed by atoms with E-state index in [9.17, 15) is 9.59 Å². The predicted octanol–water partition coefficient (Wildman–Crippen LogP) is 5.70. The van der Waals surface area contributed by atoms with Crippen molar-refractivity contribution < 1.29 is 14.3 Å². The van der Waals surface area contributed by atoms with Crippen LogP contribution >= 0.6 is 67.3 Å². The number of benzene rings is 2. The zero-order valence-electron chi connectivity index (χ0n) is 15.7. The second-order valence-electron chi connectivity index (χ2n) is 6.41. The molecule has 1 fully saturated rings. The summed E-state index contributed by atoms with van der Waals surface area (Å²) in [6.07, 6.45) is 1.52. The van der Waals surface area contributed by atoms with Gasteiger partial charge in [0, 0.05) is 29.7 Å². The van der Waals surface area contributed by atoms with Gasteiger partial charge in [0.2, 0.25) is 0 Å². The minimum atomic E-state index is -0.451. The molecule has 1 heterocycles. The smallest absolute Gasteiger partial charge is 0.265 e. The van der Waals surface area contributed by atoms with Crippen molar-refractivity contribution in [3.05, 3.63) is 66.0 Å². The van der Waals surface area contributed by atoms with Crippen molar-refractivity contribution in [3.63, 3.8) is 0 Å². The Kier molecular flexibility index (Phi) is 7.24. The number of rotatable bonds is 4. The van der Waals surface area contributed by atoms with Gasteiger partial charge in [0.15, 0.2) is 5.11 Å². The Labute approximate surface area is 205 Å². The molecular weight excluding hydrogens is 579 g/mol. The molecule has 0 aromatic heterocycles. The van der Waals surface area contributed by atoms with Crippen LogP contribution in [0.3, 0.4) is 0 Å². The first-order valence-electron chi connectivity index (χ1n) is 8.47. The standard InChI is InChI=1S/C20H14Br2Cl2N2O3S/c1-25-18(27)13(19(28)26(2)20(25)30)5-10-6-14(21)17(15(22)7-10)29-9-11-3-4-12(23)8-16(11)24/h3-8H,9H2,1-2H3. The van der Waals surface area contributed by atoms with E-state index in [1.807, 2.05) is 0 Å². The molecule has 0 bridgehead atoms. The van der Waals surface area contributed by atoms with Crippen LogP contribution in [-0.4, -0.2) is 40.8 Å². The van der Waals surface area contributed by atoms with Crippen LogP contribution in [0, 0.1) is 0 Å². The van der Waals surface area contributed by atoms with Crippen LogP contribution in [0.2, 0.25) is 10.0 Å². The lowest BCUT2D eigenvalue weighted by atomic mass is 10.1. The summed E-state index contributed by atoms with van der Waals surface area (Å²) >= 11 is 24.2. The van der Waals surface area contributed by atoms with E-state index < -0.39 is 11.8 Å². The fourth-order valence-electron chi connectivity index (χ4n) is 2.73. The molecule has 30 heavy (non-hydrogen) atoms. The minimum Gasteiger partial charge on any atom is -0.486 e. The van der Waals surface area contributed by atoms with Crippen molar-refractivity contribution in [2.24, 2.45) is 0 Å². The zero-order chi connectivity index (χ0) is 22.2. The summed E-state index contributed by atoms with van der Waals surface area (Å²) < 4.78 is 7.18. The van der Waals surface area contributed by atoms with Gasteiger partial charge in [0.1, 0.15) is 17.9 Å². The van der Waals surface area contributed by atoms with Gasteiger partial charge in [-0.3, -0.25) is 19.4 Å². The molecule has 1 aliphatic heterocycles. The maximum absolute atomic E-state index is 12.5. The van der Waals surface area contributed by atoms with Gasteiger partial charge in [-0.25, -0.2) is 0 Å². The Bertz CT molecular complexity index is 1060. The molecule has 2 amide bonds. The number of likely N-dealkylation sites (N-methyl/N-ethyl adjacent to an activating group) is 2. The monoisotopic (exact) mass is 590 g/mol. The van der Waals surface area contributed by atoms with Crippen molar-refractivity contribution in [1.29, 1.82) is 0 Å². The highest BCUT2D eigenvalue weighted by atomic mass is 79.9. The van der Waals surface area contributed by atoms with Crippen LogP contribution in [0.1, 0.15) is 11.1 Å². The molecule has 0 unspecified atom stereocenters. The molecule has 156 valence electrons. The third-order valence-corrected chi connectivity index (χ3v) is 6.68. The highest BCUT2D eigenvalue weighted by molar-refractivity contribution is 9.11. The zero-order valence-corrected chi connectivity index (χ0v) is 21.2. The van der Waals surface area contributed by atoms with Crippen LogP contribution in [0.5, 0.6) is 5.75 Å². The molecule has 0 saturated carbocycles. The molecule has 0 N–H and O–H groups in total. The first kappa shape index (κ1) is 23.2. The summed E-state index contributed by atoms with van der Waals surface area (Å²) in [6, 6.07) is 8.69. The summed E-state index contributed by atoms with van der Waals surface area (Å²) in [4.78, 5) is 27.5. The van der Waals surface area contributed by atoms with Crippen LogP contribution in [0.25, 0.3) is 6.08 Å². The first-order valence-corrected chi connectivity index (χ1v) is 11.2. The van der Waals surface area contributed by atoms with Crippen molar-refractivity contribution in [3.8, 4) is 5.75 Å². The molecule has 2 aromatic rings. The molecule has 2 aromatic carbocycles. The third-order valence-electron chi connectivity index (χ3n) is 4.36. The molecule has 10 heteroatoms. The third kappa shape index (κ3) is 4.73. The molecule has 0 radical (unpaired) electrons. The SMILES string of the molecule is CN1C(=O)C(=Cc2cc(Br)c(OCc3ccc(Cl)cc3Cl)c(Br)c2)C(=O)N(C)C1=S. The van der Waals surface area contributed by atoms with Gasteiger partial charge in [-0.1, -0.05) is 29.3 Å². The Hall–Kier alpha value is -1.45. The number of ether oxygens (including phenoxy) is 1. The lowest BCUT2D eigenvalue weighted by Crippen LogP contribution is -2.52. The number of amides is 2. The maximum atomic E-state index is 12.5. The largest absolute Gasteiger partial charge is 0.486 e. The van der Waals surface area contributed by atoms with E-state index >= 15 is 0 Å². The van der Waals surface area contributed by atoms with Gasteiger partial charge >= 0.3 is 0 Å². The Morgan fingerprint density at radius 2 is 1.60 bits per heavy atom. The van der Waals surface area contributed by atoms with E-state index in [-0.39, 0.29) is 17.3 Å². The number of halogens is 4. The molecule has 5 nitrogen and oxygen atoms in total. The van der Waals surface area contributed by atoms with Crippen molar-refractivity contribution in [2.45, 2.75) is 6.61 Å². The molecule has 0 aliphatic carbocycles. The van der Waals surface area contributed by atoms with Crippen molar-refractivity contribution >= 4 is 90.3 Å². The molecule has 3 rings (SSSR count). The highest BCUT2D eigenvalue weighted by Gasteiger charge is 2.35. The van der Waals surface area contributed by atoms with Gasteiger partial charge in [-0.15, -0.1) is 0 Å². The number of hydrogen-bond acceptors (Lipinski definition) is 4. The van der Waals surface area contributed by atoms with E-state index in [4.69, 9.17) is 40.2 Å². The van der Waals surface area contributed by atoms with Gasteiger partial charge in [0.05, 0.1) is 8.95 Å². The fourth-order valence-corrected chi connectivity index (χ4v) is 4.81. The van der Waals surface area contributed by atoms with Crippen LogP contribution in [0.4, 0.5) is 0 Å². The van der Waals surface area contributed by atoms with E-state index in [1.165, 1.54) is 30.0 Å². The van der Waals surface area contributed by atoms with E-state index in [1.54, 1.807) is 30.3 Å². The number of carbonyl (C=O) groups excluding carboxylic acids is 2. The van der Waals surface area contributed by atoms with E-state index in [0.717, 1.165) is 5.56 Å². The van der Waals surface area contributed by atoms with Crippen LogP contribution in [0.15, 0.2) is 44.9 Å². The van der Waals surface area contributed by atoms with Gasteiger partial charge in [-0.05, 0) is 80.0 Å². The number of carbonyl (C=O) groups is 2. The highest BCUT2D eigenvalue weighted by Crippen LogP contribution is 2.36. The van der Waals surface area contributed by atoms with Crippen molar-refractivity contribution in [1.82, 2.24) is 9.80 Å². The summed E-state index contributed by atoms with van der Waals surface area (Å²) in [5.41, 5.74) is 1.44. The first-order chi connectivity index (χ1) is 14.1. The number of hydrogen-bond donors (Lipinski definition) is 0. The summed E-state index contributed by atoms with van der Waals surface area (Å²) in [7, 11) is 3.07. The number of nitrogens with zero attached hydrogens (tertiary/aromatic N) is 2. The topological polar surface area (TPSA) is 49.9 Å². The Morgan fingerprint density at radius 1 is 1.03 bits per heavy atom. The van der Waals surface area contributed by atoms with Crippen LogP contribution < -0.4 is 4.74 Å². The average Bonchev–Trinajstić information content (AvgIpc) is 2.69. The Balaban J connectivity index is 1.87. The van der Waals surface area contributed by atoms with E-state index in [2.05, 4.69) is 31.9 Å². The van der Waals surface area contributed by atoms with Gasteiger partial charge in [0.25, 0.3) is 11.8 Å². The predicted molar refractivity (Wildman–Crippen MR) is 129 cm³/mol. The molecule has 1 aliphatic rings. The van der Waals surface area contributed by atoms with Gasteiger partial charge < -0.3 is 4.74 Å². The normalized spacial score (nSPS) is 14.5. The van der Waals surface area contributed by atoms with E-state index in [0.29, 0.717) is 30.3 Å². The number of thiocarbonyl (C=S) groups is 1. The second-order valence-corrected chi connectivity index (χ2v) is 9.32. The molecule has 1 saturated heterocycles. The minimum absolute atomic E-state index is 0.0222. The quantitative estimate of drug-likeness (QED) is 0.260. The van der Waals surface area contributed by atoms with Crippen molar-refractivity contribution in [2.75, 3.05) is 14.1 Å². The summed E-state index contributed by atoms with van der Waals surface area (Å²) in [6.45, 7) is 0.234. The molecule has 0 atom stereocenters. The fraction of sp³-hybridized carbons (Fsp3) is 0.150.